The number of rotatable bonds is 5. The van der Waals surface area contributed by atoms with E-state index in [0.717, 1.165) is 11.3 Å². The molecule has 2 heterocycles. The van der Waals surface area contributed by atoms with Gasteiger partial charge in [-0.2, -0.15) is 0 Å². The molecule has 2 amide bonds. The number of methoxy groups -OCH3 is 1. The quantitative estimate of drug-likeness (QED) is 0.841. The highest BCUT2D eigenvalue weighted by atomic mass is 16.5. The molecular weight excluding hydrogens is 282 g/mol. The van der Waals surface area contributed by atoms with E-state index in [0.29, 0.717) is 26.2 Å². The Kier molecular flexibility index (Phi) is 4.34. The first-order chi connectivity index (χ1) is 10.8. The summed E-state index contributed by atoms with van der Waals surface area (Å²) in [6, 6.07) is 10.1. The number of carbonyl (C=O) groups is 1. The average molecular weight is 301 g/mol. The largest absolute Gasteiger partial charge is 0.383 e. The molecule has 1 aromatic carbocycles. The smallest absolute Gasteiger partial charge is 0.317 e. The van der Waals surface area contributed by atoms with Crippen LogP contribution in [0.2, 0.25) is 0 Å². The zero-order chi connectivity index (χ0) is 15.4. The highest BCUT2D eigenvalue weighted by Crippen LogP contribution is 2.22. The predicted molar refractivity (Wildman–Crippen MR) is 81.3 cm³/mol. The van der Waals surface area contributed by atoms with Crippen molar-refractivity contribution >= 4 is 6.03 Å². The zero-order valence-corrected chi connectivity index (χ0v) is 12.5. The molecular formula is C15H19N5O2. The molecule has 1 aliphatic heterocycles. The number of urea groups is 1. The first-order valence-electron chi connectivity index (χ1n) is 7.27. The molecule has 0 spiro atoms. The van der Waals surface area contributed by atoms with Crippen molar-refractivity contribution in [3.05, 3.63) is 36.5 Å². The van der Waals surface area contributed by atoms with Gasteiger partial charge in [0.15, 0.2) is 0 Å². The zero-order valence-electron chi connectivity index (χ0n) is 12.5. The Balaban J connectivity index is 1.53. The van der Waals surface area contributed by atoms with Crippen LogP contribution in [0.25, 0.3) is 11.3 Å². The first-order valence-corrected chi connectivity index (χ1v) is 7.27. The third-order valence-corrected chi connectivity index (χ3v) is 3.69. The number of benzene rings is 1. The fourth-order valence-corrected chi connectivity index (χ4v) is 2.36. The fraction of sp³-hybridized carbons (Fsp3) is 0.400. The van der Waals surface area contributed by atoms with Crippen molar-refractivity contribution in [2.24, 2.45) is 0 Å². The van der Waals surface area contributed by atoms with E-state index in [1.54, 1.807) is 12.0 Å². The standard InChI is InChI=1S/C15H19N5O2/c1-22-8-7-16-15(21)19-9-13(10-19)20-11-14(17-18-20)12-5-3-2-4-6-12/h2-6,11,13H,7-10H2,1H3,(H,16,21). The monoisotopic (exact) mass is 301 g/mol. The minimum Gasteiger partial charge on any atom is -0.383 e. The summed E-state index contributed by atoms with van der Waals surface area (Å²) in [4.78, 5) is 13.6. The second kappa shape index (κ2) is 6.57. The van der Waals surface area contributed by atoms with Gasteiger partial charge in [0.1, 0.15) is 5.69 Å². The Morgan fingerprint density at radius 3 is 2.86 bits per heavy atom. The Labute approximate surface area is 128 Å². The summed E-state index contributed by atoms with van der Waals surface area (Å²) >= 11 is 0. The summed E-state index contributed by atoms with van der Waals surface area (Å²) in [5.74, 6) is 0. The van der Waals surface area contributed by atoms with Crippen LogP contribution in [0.15, 0.2) is 36.5 Å². The second-order valence-electron chi connectivity index (χ2n) is 5.23. The number of ether oxygens (including phenoxy) is 1. The molecule has 116 valence electrons. The molecule has 1 aromatic heterocycles. The number of hydrogen-bond acceptors (Lipinski definition) is 4. The maximum atomic E-state index is 11.8. The molecule has 0 unspecified atom stereocenters. The van der Waals surface area contributed by atoms with Crippen LogP contribution in [0.4, 0.5) is 4.79 Å². The van der Waals surface area contributed by atoms with Crippen LogP contribution in [-0.4, -0.2) is 59.3 Å². The first kappa shape index (κ1) is 14.5. The van der Waals surface area contributed by atoms with E-state index in [1.807, 2.05) is 41.2 Å². The predicted octanol–water partition coefficient (Wildman–Crippen LogP) is 1.16. The van der Waals surface area contributed by atoms with Gasteiger partial charge in [0.25, 0.3) is 0 Å². The number of likely N-dealkylation sites (tertiary alicyclic amines) is 1. The van der Waals surface area contributed by atoms with E-state index in [2.05, 4.69) is 15.6 Å². The lowest BCUT2D eigenvalue weighted by Crippen LogP contribution is -2.54. The van der Waals surface area contributed by atoms with E-state index >= 15 is 0 Å². The van der Waals surface area contributed by atoms with Crippen LogP contribution >= 0.6 is 0 Å². The average Bonchev–Trinajstić information content (AvgIpc) is 2.96. The number of hydrogen-bond donors (Lipinski definition) is 1. The molecule has 7 nitrogen and oxygen atoms in total. The van der Waals surface area contributed by atoms with Gasteiger partial charge in [-0.3, -0.25) is 0 Å². The molecule has 1 aliphatic rings. The number of amides is 2. The van der Waals surface area contributed by atoms with Gasteiger partial charge in [-0.05, 0) is 0 Å². The van der Waals surface area contributed by atoms with Crippen molar-refractivity contribution in [3.8, 4) is 11.3 Å². The van der Waals surface area contributed by atoms with Gasteiger partial charge in [0.2, 0.25) is 0 Å². The van der Waals surface area contributed by atoms with Crippen LogP contribution in [0.1, 0.15) is 6.04 Å². The van der Waals surface area contributed by atoms with Crippen LogP contribution < -0.4 is 5.32 Å². The normalized spacial score (nSPS) is 14.7. The summed E-state index contributed by atoms with van der Waals surface area (Å²) in [6.45, 7) is 2.34. The van der Waals surface area contributed by atoms with E-state index < -0.39 is 0 Å². The third kappa shape index (κ3) is 3.09. The maximum Gasteiger partial charge on any atom is 0.317 e. The molecule has 1 saturated heterocycles. The molecule has 7 heteroatoms. The van der Waals surface area contributed by atoms with Gasteiger partial charge in [0, 0.05) is 32.3 Å². The number of carbonyl (C=O) groups excluding carboxylic acids is 1. The van der Waals surface area contributed by atoms with Crippen molar-refractivity contribution < 1.29 is 9.53 Å². The minimum atomic E-state index is -0.0586. The summed E-state index contributed by atoms with van der Waals surface area (Å²) in [7, 11) is 1.61. The van der Waals surface area contributed by atoms with Gasteiger partial charge in [-0.1, -0.05) is 35.5 Å². The van der Waals surface area contributed by atoms with Crippen molar-refractivity contribution in [1.29, 1.82) is 0 Å². The Hall–Kier alpha value is -2.41. The fourth-order valence-electron chi connectivity index (χ4n) is 2.36. The van der Waals surface area contributed by atoms with Crippen molar-refractivity contribution in [2.45, 2.75) is 6.04 Å². The molecule has 0 saturated carbocycles. The van der Waals surface area contributed by atoms with Crippen molar-refractivity contribution in [2.75, 3.05) is 33.4 Å². The Morgan fingerprint density at radius 1 is 1.36 bits per heavy atom. The van der Waals surface area contributed by atoms with Gasteiger partial charge in [-0.15, -0.1) is 5.10 Å². The van der Waals surface area contributed by atoms with Crippen molar-refractivity contribution in [1.82, 2.24) is 25.2 Å². The summed E-state index contributed by atoms with van der Waals surface area (Å²) in [5.41, 5.74) is 1.89. The molecule has 1 fully saturated rings. The summed E-state index contributed by atoms with van der Waals surface area (Å²) < 4.78 is 6.74. The van der Waals surface area contributed by atoms with E-state index in [4.69, 9.17) is 4.74 Å². The summed E-state index contributed by atoms with van der Waals surface area (Å²) in [5, 5.41) is 11.2. The molecule has 1 N–H and O–H groups in total. The topological polar surface area (TPSA) is 72.3 Å². The molecule has 0 aliphatic carbocycles. The van der Waals surface area contributed by atoms with Crippen LogP contribution in [0.5, 0.6) is 0 Å². The van der Waals surface area contributed by atoms with Crippen LogP contribution in [0, 0.1) is 0 Å². The Bertz CT molecular complexity index is 622. The number of aromatic nitrogens is 3. The summed E-state index contributed by atoms with van der Waals surface area (Å²) in [6.07, 6.45) is 1.93. The highest BCUT2D eigenvalue weighted by molar-refractivity contribution is 5.75. The molecule has 2 aromatic rings. The number of nitrogens with zero attached hydrogens (tertiary/aromatic N) is 4. The van der Waals surface area contributed by atoms with Crippen LogP contribution in [0.3, 0.4) is 0 Å². The van der Waals surface area contributed by atoms with E-state index in [9.17, 15) is 4.79 Å². The van der Waals surface area contributed by atoms with Gasteiger partial charge >= 0.3 is 6.03 Å². The highest BCUT2D eigenvalue weighted by Gasteiger charge is 2.32. The van der Waals surface area contributed by atoms with Gasteiger partial charge in [0.05, 0.1) is 18.8 Å². The van der Waals surface area contributed by atoms with E-state index in [-0.39, 0.29) is 12.1 Å². The third-order valence-electron chi connectivity index (χ3n) is 3.69. The maximum absolute atomic E-state index is 11.8. The van der Waals surface area contributed by atoms with Gasteiger partial charge in [-0.25, -0.2) is 9.48 Å². The van der Waals surface area contributed by atoms with Crippen molar-refractivity contribution in [3.63, 3.8) is 0 Å². The second-order valence-corrected chi connectivity index (χ2v) is 5.23. The lowest BCUT2D eigenvalue weighted by atomic mass is 10.1. The lowest BCUT2D eigenvalue weighted by Gasteiger charge is -2.38. The SMILES string of the molecule is COCCNC(=O)N1CC(n2cc(-c3ccccc3)nn2)C1. The van der Waals surface area contributed by atoms with Crippen LogP contribution in [-0.2, 0) is 4.74 Å². The molecule has 0 radical (unpaired) electrons. The van der Waals surface area contributed by atoms with Gasteiger partial charge < -0.3 is 15.0 Å². The minimum absolute atomic E-state index is 0.0586. The number of nitrogens with one attached hydrogen (secondary N) is 1. The lowest BCUT2D eigenvalue weighted by molar-refractivity contribution is 0.114. The molecule has 3 rings (SSSR count). The molecule has 0 bridgehead atoms. The molecule has 22 heavy (non-hydrogen) atoms. The Morgan fingerprint density at radius 2 is 2.14 bits per heavy atom. The molecule has 0 atom stereocenters. The van der Waals surface area contributed by atoms with E-state index in [1.165, 1.54) is 0 Å².